The Labute approximate surface area is 170 Å². The first-order valence-corrected chi connectivity index (χ1v) is 9.09. The molecule has 0 heterocycles. The van der Waals surface area contributed by atoms with Crippen molar-refractivity contribution in [3.8, 4) is 5.75 Å². The number of likely N-dealkylation sites (N-methyl/N-ethyl adjacent to an activating group) is 1. The van der Waals surface area contributed by atoms with Crippen LogP contribution in [0.2, 0.25) is 0 Å². The molecule has 2 rings (SSSR count). The predicted molar refractivity (Wildman–Crippen MR) is 111 cm³/mol. The summed E-state index contributed by atoms with van der Waals surface area (Å²) in [6, 6.07) is 13.1. The van der Waals surface area contributed by atoms with Crippen LogP contribution in [-0.4, -0.2) is 56.7 Å². The number of nitrogens with zero attached hydrogens (tertiary/aromatic N) is 2. The average Bonchev–Trinajstić information content (AvgIpc) is 2.62. The van der Waals surface area contributed by atoms with Gasteiger partial charge in [0.2, 0.25) is 0 Å². The summed E-state index contributed by atoms with van der Waals surface area (Å²) in [5.74, 6) is -0.471. The van der Waals surface area contributed by atoms with Crippen molar-refractivity contribution in [3.05, 3.63) is 59.7 Å². The third-order valence-corrected chi connectivity index (χ3v) is 3.87. The maximum atomic E-state index is 12.2. The fourth-order valence-electron chi connectivity index (χ4n) is 2.31. The zero-order valence-corrected chi connectivity index (χ0v) is 16.9. The van der Waals surface area contributed by atoms with E-state index in [9.17, 15) is 9.59 Å². The van der Waals surface area contributed by atoms with Crippen LogP contribution in [0.25, 0.3) is 0 Å². The van der Waals surface area contributed by atoms with Crippen LogP contribution >= 0.6 is 0 Å². The van der Waals surface area contributed by atoms with Gasteiger partial charge in [-0.1, -0.05) is 12.1 Å². The second-order valence-electron chi connectivity index (χ2n) is 7.53. The fraction of sp³-hybridized carbons (Fsp3) is 0.286. The highest BCUT2D eigenvalue weighted by atomic mass is 16.5. The highest BCUT2D eigenvalue weighted by Crippen LogP contribution is 2.17. The van der Waals surface area contributed by atoms with Crippen molar-refractivity contribution in [2.75, 3.05) is 34.3 Å². The van der Waals surface area contributed by atoms with Gasteiger partial charge >= 0.3 is 11.9 Å². The van der Waals surface area contributed by atoms with E-state index in [-0.39, 0.29) is 18.3 Å². The molecular formula is C21H27N4O4+. The normalized spacial score (nSPS) is 10.9. The van der Waals surface area contributed by atoms with Crippen molar-refractivity contribution >= 4 is 23.6 Å². The van der Waals surface area contributed by atoms with E-state index in [1.165, 1.54) is 0 Å². The molecule has 0 unspecified atom stereocenters. The first kappa shape index (κ1) is 21.9. The smallest absolute Gasteiger partial charge is 0.343 e. The van der Waals surface area contributed by atoms with Crippen LogP contribution in [0.1, 0.15) is 15.9 Å². The quantitative estimate of drug-likeness (QED) is 0.229. The first-order chi connectivity index (χ1) is 13.6. The monoisotopic (exact) mass is 399 g/mol. The largest absolute Gasteiger partial charge is 0.459 e. The average molecular weight is 399 g/mol. The van der Waals surface area contributed by atoms with Crippen LogP contribution in [-0.2, 0) is 16.0 Å². The number of hydrogen-bond acceptors (Lipinski definition) is 5. The molecule has 0 spiro atoms. The van der Waals surface area contributed by atoms with Crippen LogP contribution in [0.15, 0.2) is 53.5 Å². The Morgan fingerprint density at radius 1 is 0.966 bits per heavy atom. The molecule has 154 valence electrons. The Hall–Kier alpha value is -3.39. The molecule has 0 fully saturated rings. The second-order valence-corrected chi connectivity index (χ2v) is 7.53. The lowest BCUT2D eigenvalue weighted by Gasteiger charge is -2.23. The summed E-state index contributed by atoms with van der Waals surface area (Å²) in [5.41, 5.74) is 12.3. The van der Waals surface area contributed by atoms with Crippen molar-refractivity contribution in [1.82, 2.24) is 0 Å². The third-order valence-electron chi connectivity index (χ3n) is 3.87. The van der Waals surface area contributed by atoms with Crippen molar-refractivity contribution in [2.24, 2.45) is 16.5 Å². The van der Waals surface area contributed by atoms with Gasteiger partial charge in [0, 0.05) is 0 Å². The molecule has 29 heavy (non-hydrogen) atoms. The van der Waals surface area contributed by atoms with E-state index in [1.807, 2.05) is 21.1 Å². The Kier molecular flexibility index (Phi) is 7.33. The number of benzene rings is 2. The van der Waals surface area contributed by atoms with Crippen molar-refractivity contribution in [1.29, 1.82) is 0 Å². The Morgan fingerprint density at radius 2 is 1.59 bits per heavy atom. The minimum atomic E-state index is -0.506. The van der Waals surface area contributed by atoms with Gasteiger partial charge in [-0.05, 0) is 42.0 Å². The molecule has 0 aliphatic carbocycles. The number of nitrogens with two attached hydrogens (primary N) is 2. The van der Waals surface area contributed by atoms with Crippen LogP contribution in [0.3, 0.4) is 0 Å². The Bertz CT molecular complexity index is 865. The molecule has 0 bridgehead atoms. The summed E-state index contributed by atoms with van der Waals surface area (Å²) in [6.45, 7) is 1.12. The lowest BCUT2D eigenvalue weighted by Crippen LogP contribution is -2.38. The predicted octanol–water partition coefficient (Wildman–Crippen LogP) is 1.60. The number of carbonyl (C=O) groups is 2. The number of ether oxygens (including phenoxy) is 2. The molecule has 0 amide bonds. The molecule has 8 heteroatoms. The molecule has 0 aliphatic rings. The molecule has 8 nitrogen and oxygen atoms in total. The fourth-order valence-corrected chi connectivity index (χ4v) is 2.31. The van der Waals surface area contributed by atoms with Gasteiger partial charge in [0.05, 0.1) is 38.8 Å². The molecule has 4 N–H and O–H groups in total. The molecule has 0 aromatic heterocycles. The molecule has 0 saturated carbocycles. The molecular weight excluding hydrogens is 372 g/mol. The van der Waals surface area contributed by atoms with Crippen molar-refractivity contribution in [2.45, 2.75) is 6.42 Å². The van der Waals surface area contributed by atoms with Gasteiger partial charge in [0.1, 0.15) is 18.9 Å². The maximum absolute atomic E-state index is 12.2. The van der Waals surface area contributed by atoms with E-state index in [1.54, 1.807) is 48.5 Å². The van der Waals surface area contributed by atoms with Crippen LogP contribution in [0.5, 0.6) is 5.75 Å². The van der Waals surface area contributed by atoms with Gasteiger partial charge in [-0.15, -0.1) is 0 Å². The summed E-state index contributed by atoms with van der Waals surface area (Å²) in [4.78, 5) is 28.0. The van der Waals surface area contributed by atoms with E-state index in [0.717, 1.165) is 16.6 Å². The third kappa shape index (κ3) is 8.02. The summed E-state index contributed by atoms with van der Waals surface area (Å²) in [5, 5.41) is 0. The zero-order valence-electron chi connectivity index (χ0n) is 16.9. The van der Waals surface area contributed by atoms with E-state index >= 15 is 0 Å². The minimum Gasteiger partial charge on any atom is -0.459 e. The number of aliphatic imine (C=N–C) groups is 1. The van der Waals surface area contributed by atoms with Gasteiger partial charge in [0.25, 0.3) is 0 Å². The number of hydrogen-bond donors (Lipinski definition) is 2. The van der Waals surface area contributed by atoms with Gasteiger partial charge in [-0.25, -0.2) is 9.79 Å². The standard InChI is InChI=1S/C21H26N4O4/c1-25(2,3)12-13-28-19(26)14-15-4-10-18(11-5-15)29-20(27)16-6-8-17(9-7-16)24-21(22)23/h4-11H,12-14H2,1-3H3,(H3-,22,23,24,27)/p+1. The molecule has 0 atom stereocenters. The topological polar surface area (TPSA) is 117 Å². The van der Waals surface area contributed by atoms with Gasteiger partial charge in [-0.2, -0.15) is 0 Å². The lowest BCUT2D eigenvalue weighted by molar-refractivity contribution is -0.870. The van der Waals surface area contributed by atoms with Crippen molar-refractivity contribution < 1.29 is 23.5 Å². The molecule has 2 aromatic rings. The van der Waals surface area contributed by atoms with Crippen LogP contribution in [0, 0.1) is 0 Å². The van der Waals surface area contributed by atoms with Crippen LogP contribution in [0.4, 0.5) is 5.69 Å². The van der Waals surface area contributed by atoms with E-state index in [2.05, 4.69) is 4.99 Å². The zero-order chi connectivity index (χ0) is 21.4. The van der Waals surface area contributed by atoms with E-state index in [0.29, 0.717) is 23.6 Å². The summed E-state index contributed by atoms with van der Waals surface area (Å²) in [7, 11) is 6.10. The first-order valence-electron chi connectivity index (χ1n) is 9.09. The number of guanidine groups is 1. The maximum Gasteiger partial charge on any atom is 0.343 e. The summed E-state index contributed by atoms with van der Waals surface area (Å²) >= 11 is 0. The lowest BCUT2D eigenvalue weighted by atomic mass is 10.1. The Balaban J connectivity index is 1.87. The number of carbonyl (C=O) groups excluding carboxylic acids is 2. The molecule has 2 aromatic carbocycles. The van der Waals surface area contributed by atoms with Gasteiger partial charge in [-0.3, -0.25) is 4.79 Å². The van der Waals surface area contributed by atoms with E-state index < -0.39 is 5.97 Å². The van der Waals surface area contributed by atoms with E-state index in [4.69, 9.17) is 20.9 Å². The summed E-state index contributed by atoms with van der Waals surface area (Å²) in [6.07, 6.45) is 0.164. The molecule has 0 saturated heterocycles. The van der Waals surface area contributed by atoms with Crippen molar-refractivity contribution in [3.63, 3.8) is 0 Å². The number of esters is 2. The molecule has 0 aliphatic heterocycles. The highest BCUT2D eigenvalue weighted by molar-refractivity contribution is 5.91. The summed E-state index contributed by atoms with van der Waals surface area (Å²) < 4.78 is 11.3. The SMILES string of the molecule is C[N+](C)(C)CCOC(=O)Cc1ccc(OC(=O)c2ccc(N=C(N)N)cc2)cc1. The second kappa shape index (κ2) is 9.70. The van der Waals surface area contributed by atoms with Crippen LogP contribution < -0.4 is 16.2 Å². The van der Waals surface area contributed by atoms with Gasteiger partial charge in [0.15, 0.2) is 5.96 Å². The molecule has 0 radical (unpaired) electrons. The Morgan fingerprint density at radius 3 is 2.14 bits per heavy atom. The number of rotatable bonds is 8. The highest BCUT2D eigenvalue weighted by Gasteiger charge is 2.11. The minimum absolute atomic E-state index is 0.0577. The number of quaternary nitrogens is 1. The van der Waals surface area contributed by atoms with Gasteiger partial charge < -0.3 is 25.4 Å².